The SMILES string of the molecule is CCOc1ccc(S(=O)(=O)N2CCC[C@@H](C(=O)Nc3cc(F)ccc3F)C2)cc1C. The first-order valence-electron chi connectivity index (χ1n) is 9.72. The lowest BCUT2D eigenvalue weighted by Gasteiger charge is -2.31. The van der Waals surface area contributed by atoms with Crippen LogP contribution in [0.3, 0.4) is 0 Å². The van der Waals surface area contributed by atoms with Gasteiger partial charge in [-0.05, 0) is 62.6 Å². The van der Waals surface area contributed by atoms with Gasteiger partial charge < -0.3 is 10.1 Å². The van der Waals surface area contributed by atoms with Crippen molar-refractivity contribution in [3.8, 4) is 5.75 Å². The molecule has 1 amide bonds. The molecule has 0 radical (unpaired) electrons. The first kappa shape index (κ1) is 22.2. The van der Waals surface area contributed by atoms with E-state index in [1.807, 2.05) is 6.92 Å². The van der Waals surface area contributed by atoms with Gasteiger partial charge in [-0.2, -0.15) is 4.31 Å². The van der Waals surface area contributed by atoms with Crippen molar-refractivity contribution in [2.75, 3.05) is 25.0 Å². The van der Waals surface area contributed by atoms with Gasteiger partial charge in [0.15, 0.2) is 0 Å². The van der Waals surface area contributed by atoms with Crippen molar-refractivity contribution >= 4 is 21.6 Å². The Morgan fingerprint density at radius 2 is 2.00 bits per heavy atom. The number of carbonyl (C=O) groups is 1. The fourth-order valence-electron chi connectivity index (χ4n) is 3.45. The molecule has 2 aromatic rings. The summed E-state index contributed by atoms with van der Waals surface area (Å²) in [7, 11) is -3.81. The highest BCUT2D eigenvalue weighted by molar-refractivity contribution is 7.89. The third kappa shape index (κ3) is 4.79. The van der Waals surface area contributed by atoms with E-state index in [0.29, 0.717) is 30.8 Å². The summed E-state index contributed by atoms with van der Waals surface area (Å²) in [5, 5.41) is 2.37. The molecule has 2 aromatic carbocycles. The molecule has 9 heteroatoms. The minimum Gasteiger partial charge on any atom is -0.494 e. The van der Waals surface area contributed by atoms with Gasteiger partial charge in [0.2, 0.25) is 15.9 Å². The number of carbonyl (C=O) groups excluding carboxylic acids is 1. The third-order valence-corrected chi connectivity index (χ3v) is 6.89. The Labute approximate surface area is 174 Å². The first-order chi connectivity index (χ1) is 14.2. The van der Waals surface area contributed by atoms with Gasteiger partial charge in [0.1, 0.15) is 17.4 Å². The zero-order valence-electron chi connectivity index (χ0n) is 16.8. The second kappa shape index (κ2) is 9.09. The van der Waals surface area contributed by atoms with E-state index in [4.69, 9.17) is 4.74 Å². The minimum atomic E-state index is -3.81. The fraction of sp³-hybridized carbons (Fsp3) is 0.381. The van der Waals surface area contributed by atoms with Crippen LogP contribution in [0.15, 0.2) is 41.3 Å². The van der Waals surface area contributed by atoms with Crippen molar-refractivity contribution in [1.29, 1.82) is 0 Å². The molecule has 0 aromatic heterocycles. The normalized spacial score (nSPS) is 17.5. The summed E-state index contributed by atoms with van der Waals surface area (Å²) in [6.45, 7) is 4.34. The number of nitrogens with one attached hydrogen (secondary N) is 1. The van der Waals surface area contributed by atoms with Gasteiger partial charge in [-0.15, -0.1) is 0 Å². The van der Waals surface area contributed by atoms with E-state index in [-0.39, 0.29) is 23.7 Å². The van der Waals surface area contributed by atoms with Crippen molar-refractivity contribution in [3.05, 3.63) is 53.6 Å². The van der Waals surface area contributed by atoms with Crippen LogP contribution in [-0.4, -0.2) is 38.3 Å². The maximum atomic E-state index is 13.8. The predicted octanol–water partition coefficient (Wildman–Crippen LogP) is 3.71. The second-order valence-electron chi connectivity index (χ2n) is 7.18. The molecule has 1 heterocycles. The van der Waals surface area contributed by atoms with E-state index in [1.54, 1.807) is 19.1 Å². The van der Waals surface area contributed by atoms with E-state index < -0.39 is 33.5 Å². The molecule has 0 saturated carbocycles. The van der Waals surface area contributed by atoms with Crippen LogP contribution in [0.1, 0.15) is 25.3 Å². The third-order valence-electron chi connectivity index (χ3n) is 5.03. The molecule has 1 aliphatic heterocycles. The zero-order chi connectivity index (χ0) is 21.9. The number of sulfonamides is 1. The van der Waals surface area contributed by atoms with E-state index >= 15 is 0 Å². The number of hydrogen-bond acceptors (Lipinski definition) is 4. The van der Waals surface area contributed by atoms with Gasteiger partial charge in [0.05, 0.1) is 23.1 Å². The number of aryl methyl sites for hydroxylation is 1. The second-order valence-corrected chi connectivity index (χ2v) is 9.11. The largest absolute Gasteiger partial charge is 0.494 e. The number of rotatable bonds is 6. The highest BCUT2D eigenvalue weighted by Gasteiger charge is 2.33. The van der Waals surface area contributed by atoms with Gasteiger partial charge in [0.25, 0.3) is 0 Å². The van der Waals surface area contributed by atoms with E-state index in [0.717, 1.165) is 18.2 Å². The molecule has 0 aliphatic carbocycles. The zero-order valence-corrected chi connectivity index (χ0v) is 17.6. The number of ether oxygens (including phenoxy) is 1. The van der Waals surface area contributed by atoms with Gasteiger partial charge >= 0.3 is 0 Å². The Balaban J connectivity index is 1.75. The Morgan fingerprint density at radius 3 is 2.70 bits per heavy atom. The number of benzene rings is 2. The van der Waals surface area contributed by atoms with Crippen molar-refractivity contribution in [1.82, 2.24) is 4.31 Å². The van der Waals surface area contributed by atoms with Crippen LogP contribution in [0.5, 0.6) is 5.75 Å². The van der Waals surface area contributed by atoms with Gasteiger partial charge in [0, 0.05) is 19.2 Å². The summed E-state index contributed by atoms with van der Waals surface area (Å²) in [6, 6.07) is 7.43. The van der Waals surface area contributed by atoms with Gasteiger partial charge in [-0.1, -0.05) is 0 Å². The highest BCUT2D eigenvalue weighted by atomic mass is 32.2. The summed E-state index contributed by atoms with van der Waals surface area (Å²) in [5.74, 6) is -2.02. The van der Waals surface area contributed by atoms with E-state index in [9.17, 15) is 22.0 Å². The summed E-state index contributed by atoms with van der Waals surface area (Å²) in [6.07, 6.45) is 0.941. The number of hydrogen-bond donors (Lipinski definition) is 1. The summed E-state index contributed by atoms with van der Waals surface area (Å²) in [4.78, 5) is 12.7. The molecule has 30 heavy (non-hydrogen) atoms. The minimum absolute atomic E-state index is 0.0304. The lowest BCUT2D eigenvalue weighted by atomic mass is 9.98. The molecule has 3 rings (SSSR count). The first-order valence-corrected chi connectivity index (χ1v) is 11.2. The van der Waals surface area contributed by atoms with Crippen LogP contribution in [0.4, 0.5) is 14.5 Å². The number of anilines is 1. The molecule has 1 atom stereocenters. The summed E-state index contributed by atoms with van der Waals surface area (Å²) in [5.41, 5.74) is 0.438. The topological polar surface area (TPSA) is 75.7 Å². The van der Waals surface area contributed by atoms with Crippen molar-refractivity contribution in [2.45, 2.75) is 31.6 Å². The maximum Gasteiger partial charge on any atom is 0.243 e. The quantitative estimate of drug-likeness (QED) is 0.746. The van der Waals surface area contributed by atoms with Crippen LogP contribution in [0.25, 0.3) is 0 Å². The molecule has 0 unspecified atom stereocenters. The number of piperidine rings is 1. The van der Waals surface area contributed by atoms with Gasteiger partial charge in [-0.25, -0.2) is 17.2 Å². The molecule has 1 N–H and O–H groups in total. The average Bonchev–Trinajstić information content (AvgIpc) is 2.72. The summed E-state index contributed by atoms with van der Waals surface area (Å²) < 4.78 is 60.0. The molecule has 162 valence electrons. The Hall–Kier alpha value is -2.52. The molecule has 0 spiro atoms. The standard InChI is InChI=1S/C21H24F2N2O4S/c1-3-29-20-9-7-17(11-14(20)2)30(27,28)25-10-4-5-15(13-25)21(26)24-19-12-16(22)6-8-18(19)23/h6-9,11-12,15H,3-5,10,13H2,1-2H3,(H,24,26)/t15-/m1/s1. The molecular weight excluding hydrogens is 414 g/mol. The van der Waals surface area contributed by atoms with E-state index in [2.05, 4.69) is 5.32 Å². The molecular formula is C21H24F2N2O4S. The molecule has 1 fully saturated rings. The lowest BCUT2D eigenvalue weighted by molar-refractivity contribution is -0.120. The fourth-order valence-corrected chi connectivity index (χ4v) is 5.06. The average molecular weight is 438 g/mol. The predicted molar refractivity (Wildman–Crippen MR) is 109 cm³/mol. The van der Waals surface area contributed by atoms with Gasteiger partial charge in [-0.3, -0.25) is 4.79 Å². The number of halogens is 2. The van der Waals surface area contributed by atoms with Crippen LogP contribution < -0.4 is 10.1 Å². The van der Waals surface area contributed by atoms with Crippen LogP contribution in [-0.2, 0) is 14.8 Å². The lowest BCUT2D eigenvalue weighted by Crippen LogP contribution is -2.43. The number of amides is 1. The Morgan fingerprint density at radius 1 is 1.23 bits per heavy atom. The molecule has 1 saturated heterocycles. The summed E-state index contributed by atoms with van der Waals surface area (Å²) >= 11 is 0. The van der Waals surface area contributed by atoms with E-state index in [1.165, 1.54) is 10.4 Å². The highest BCUT2D eigenvalue weighted by Crippen LogP contribution is 2.28. The van der Waals surface area contributed by atoms with Crippen LogP contribution in [0.2, 0.25) is 0 Å². The Kier molecular flexibility index (Phi) is 6.72. The number of nitrogens with zero attached hydrogens (tertiary/aromatic N) is 1. The van der Waals surface area contributed by atoms with Crippen molar-refractivity contribution in [2.24, 2.45) is 5.92 Å². The molecule has 6 nitrogen and oxygen atoms in total. The molecule has 1 aliphatic rings. The Bertz CT molecular complexity index is 1040. The van der Waals surface area contributed by atoms with Crippen LogP contribution >= 0.6 is 0 Å². The smallest absolute Gasteiger partial charge is 0.243 e. The maximum absolute atomic E-state index is 13.8. The van der Waals surface area contributed by atoms with Crippen molar-refractivity contribution in [3.63, 3.8) is 0 Å². The van der Waals surface area contributed by atoms with Crippen LogP contribution in [0, 0.1) is 24.5 Å². The molecule has 0 bridgehead atoms. The monoisotopic (exact) mass is 438 g/mol. The van der Waals surface area contributed by atoms with Crippen molar-refractivity contribution < 1.29 is 26.7 Å².